The van der Waals surface area contributed by atoms with Crippen LogP contribution >= 0.6 is 11.3 Å². The van der Waals surface area contributed by atoms with Crippen molar-refractivity contribution in [2.75, 3.05) is 24.7 Å². The highest BCUT2D eigenvalue weighted by Gasteiger charge is 2.48. The first-order valence-electron chi connectivity index (χ1n) is 10.7. The summed E-state index contributed by atoms with van der Waals surface area (Å²) in [4.78, 5) is 27.7. The van der Waals surface area contributed by atoms with Crippen LogP contribution in [0, 0.1) is 6.92 Å². The first kappa shape index (κ1) is 21.9. The van der Waals surface area contributed by atoms with Gasteiger partial charge in [-0.25, -0.2) is 0 Å². The van der Waals surface area contributed by atoms with Gasteiger partial charge >= 0.3 is 5.91 Å². The number of fused-ring (bicyclic) bond motifs is 1. The molecule has 0 bridgehead atoms. The molecule has 2 aromatic carbocycles. The molecule has 1 atom stereocenters. The Kier molecular flexibility index (Phi) is 5.66. The fraction of sp³-hybridized carbons (Fsp3) is 0.250. The molecule has 0 radical (unpaired) electrons. The standard InChI is InChI=1S/C24H21N3O6S/c1-3-31-16-6-4-5-14(11-16)20-19(22(29)23(30)27(20)24-26-25-13(2)34-24)21(28)15-7-8-17-18(12-15)33-10-9-32-17/h4-8,11-12,20,28H,3,9-10H2,1-2H3/b21-19+/t20-/m0/s1. The molecule has 1 N–H and O–H groups in total. The van der Waals surface area contributed by atoms with E-state index in [0.717, 1.165) is 0 Å². The van der Waals surface area contributed by atoms with Crippen molar-refractivity contribution < 1.29 is 28.9 Å². The van der Waals surface area contributed by atoms with Gasteiger partial charge in [-0.15, -0.1) is 10.2 Å². The van der Waals surface area contributed by atoms with Crippen LogP contribution in [-0.2, 0) is 9.59 Å². The Bertz CT molecular complexity index is 1320. The van der Waals surface area contributed by atoms with Gasteiger partial charge < -0.3 is 19.3 Å². The zero-order valence-corrected chi connectivity index (χ0v) is 19.3. The highest BCUT2D eigenvalue weighted by atomic mass is 32.1. The number of aromatic nitrogens is 2. The third-order valence-electron chi connectivity index (χ3n) is 5.47. The number of carbonyl (C=O) groups excluding carboxylic acids is 2. The zero-order valence-electron chi connectivity index (χ0n) is 18.5. The van der Waals surface area contributed by atoms with Gasteiger partial charge in [0.05, 0.1) is 18.2 Å². The number of benzene rings is 2. The van der Waals surface area contributed by atoms with E-state index in [4.69, 9.17) is 14.2 Å². The second kappa shape index (κ2) is 8.79. The first-order chi connectivity index (χ1) is 16.5. The molecule has 1 aromatic heterocycles. The van der Waals surface area contributed by atoms with Crippen molar-refractivity contribution in [3.05, 3.63) is 64.2 Å². The van der Waals surface area contributed by atoms with Crippen molar-refractivity contribution in [1.82, 2.24) is 10.2 Å². The van der Waals surface area contributed by atoms with Crippen molar-refractivity contribution >= 4 is 33.9 Å². The number of rotatable bonds is 5. The molecule has 1 fully saturated rings. The van der Waals surface area contributed by atoms with Gasteiger partial charge in [0.2, 0.25) is 5.13 Å². The summed E-state index contributed by atoms with van der Waals surface area (Å²) >= 11 is 1.19. The minimum absolute atomic E-state index is 0.0526. The molecule has 2 aliphatic heterocycles. The van der Waals surface area contributed by atoms with Crippen molar-refractivity contribution in [3.8, 4) is 17.2 Å². The lowest BCUT2D eigenvalue weighted by Crippen LogP contribution is -2.29. The Morgan fingerprint density at radius 1 is 1.15 bits per heavy atom. The van der Waals surface area contributed by atoms with Crippen LogP contribution in [0.25, 0.3) is 5.76 Å². The minimum Gasteiger partial charge on any atom is -0.507 e. The highest BCUT2D eigenvalue weighted by Crippen LogP contribution is 2.44. The van der Waals surface area contributed by atoms with Gasteiger partial charge in [-0.05, 0) is 49.7 Å². The predicted molar refractivity (Wildman–Crippen MR) is 124 cm³/mol. The van der Waals surface area contributed by atoms with E-state index in [1.165, 1.54) is 16.2 Å². The van der Waals surface area contributed by atoms with E-state index in [0.29, 0.717) is 53.2 Å². The average Bonchev–Trinajstić information content (AvgIpc) is 3.39. The maximum Gasteiger partial charge on any atom is 0.301 e. The van der Waals surface area contributed by atoms with Gasteiger partial charge in [-0.2, -0.15) is 0 Å². The summed E-state index contributed by atoms with van der Waals surface area (Å²) in [5.41, 5.74) is 0.877. The average molecular weight is 480 g/mol. The lowest BCUT2D eigenvalue weighted by molar-refractivity contribution is -0.132. The summed E-state index contributed by atoms with van der Waals surface area (Å²) in [5.74, 6) is -0.328. The fourth-order valence-electron chi connectivity index (χ4n) is 4.02. The number of hydrogen-bond donors (Lipinski definition) is 1. The van der Waals surface area contributed by atoms with Crippen molar-refractivity contribution in [1.29, 1.82) is 0 Å². The Hall–Kier alpha value is -3.92. The van der Waals surface area contributed by atoms with Crippen LogP contribution in [0.3, 0.4) is 0 Å². The van der Waals surface area contributed by atoms with E-state index in [-0.39, 0.29) is 16.5 Å². The Balaban J connectivity index is 1.68. The minimum atomic E-state index is -0.916. The lowest BCUT2D eigenvalue weighted by Gasteiger charge is -2.23. The molecule has 0 spiro atoms. The van der Waals surface area contributed by atoms with Gasteiger partial charge in [0, 0.05) is 5.56 Å². The van der Waals surface area contributed by atoms with Gasteiger partial charge in [0.25, 0.3) is 5.78 Å². The third kappa shape index (κ3) is 3.75. The van der Waals surface area contributed by atoms with Gasteiger partial charge in [0.1, 0.15) is 29.7 Å². The van der Waals surface area contributed by atoms with E-state index < -0.39 is 17.7 Å². The largest absolute Gasteiger partial charge is 0.507 e. The number of hydrogen-bond acceptors (Lipinski definition) is 9. The molecule has 3 aromatic rings. The summed E-state index contributed by atoms with van der Waals surface area (Å²) in [5, 5.41) is 20.3. The second-order valence-corrected chi connectivity index (χ2v) is 8.80. The molecule has 1 amide bonds. The lowest BCUT2D eigenvalue weighted by atomic mass is 9.95. The van der Waals surface area contributed by atoms with Gasteiger partial charge in [-0.3, -0.25) is 14.5 Å². The Morgan fingerprint density at radius 3 is 2.68 bits per heavy atom. The molecule has 5 rings (SSSR count). The number of nitrogens with zero attached hydrogens (tertiary/aromatic N) is 3. The number of aliphatic hydroxyl groups is 1. The molecule has 3 heterocycles. The Morgan fingerprint density at radius 2 is 1.94 bits per heavy atom. The summed E-state index contributed by atoms with van der Waals surface area (Å²) in [6, 6.07) is 11.1. The molecule has 10 heteroatoms. The number of anilines is 1. The van der Waals surface area contributed by atoms with Crippen LogP contribution < -0.4 is 19.1 Å². The SMILES string of the molecule is CCOc1cccc([C@H]2/C(=C(\O)c3ccc4c(c3)OCCO4)C(=O)C(=O)N2c2nnc(C)s2)c1. The number of aryl methyl sites for hydroxylation is 1. The summed E-state index contributed by atoms with van der Waals surface area (Å²) in [6.45, 7) is 4.89. The van der Waals surface area contributed by atoms with E-state index in [1.54, 1.807) is 49.4 Å². The molecule has 174 valence electrons. The predicted octanol–water partition coefficient (Wildman–Crippen LogP) is 3.64. The van der Waals surface area contributed by atoms with Crippen molar-refractivity contribution in [2.45, 2.75) is 19.9 Å². The zero-order chi connectivity index (χ0) is 23.8. The fourth-order valence-corrected chi connectivity index (χ4v) is 4.73. The quantitative estimate of drug-likeness (QED) is 0.335. The molecule has 0 saturated carbocycles. The third-order valence-corrected chi connectivity index (χ3v) is 6.30. The van der Waals surface area contributed by atoms with E-state index in [1.807, 2.05) is 6.92 Å². The number of ether oxygens (including phenoxy) is 3. The molecule has 9 nitrogen and oxygen atoms in total. The summed E-state index contributed by atoms with van der Waals surface area (Å²) in [6.07, 6.45) is 0. The molecular formula is C24H21N3O6S. The summed E-state index contributed by atoms with van der Waals surface area (Å²) in [7, 11) is 0. The Labute approximate surface area is 199 Å². The number of ketones is 1. The molecule has 1 saturated heterocycles. The van der Waals surface area contributed by atoms with Crippen LogP contribution in [0.15, 0.2) is 48.0 Å². The molecule has 2 aliphatic rings. The van der Waals surface area contributed by atoms with Crippen LogP contribution in [0.2, 0.25) is 0 Å². The molecule has 34 heavy (non-hydrogen) atoms. The number of aliphatic hydroxyl groups excluding tert-OH is 1. The van der Waals surface area contributed by atoms with E-state index in [9.17, 15) is 14.7 Å². The van der Waals surface area contributed by atoms with E-state index >= 15 is 0 Å². The number of amides is 1. The van der Waals surface area contributed by atoms with Crippen LogP contribution in [0.5, 0.6) is 17.2 Å². The maximum absolute atomic E-state index is 13.3. The topological polar surface area (TPSA) is 111 Å². The summed E-state index contributed by atoms with van der Waals surface area (Å²) < 4.78 is 16.8. The highest BCUT2D eigenvalue weighted by molar-refractivity contribution is 7.15. The van der Waals surface area contributed by atoms with E-state index in [2.05, 4.69) is 10.2 Å². The van der Waals surface area contributed by atoms with Crippen LogP contribution in [-0.4, -0.2) is 46.8 Å². The second-order valence-electron chi connectivity index (χ2n) is 7.64. The molecule has 0 aliphatic carbocycles. The smallest absolute Gasteiger partial charge is 0.301 e. The normalized spacial score (nSPS) is 18.9. The van der Waals surface area contributed by atoms with Crippen molar-refractivity contribution in [3.63, 3.8) is 0 Å². The van der Waals surface area contributed by atoms with Gasteiger partial charge in [0.15, 0.2) is 11.5 Å². The molecular weight excluding hydrogens is 458 g/mol. The number of carbonyl (C=O) groups is 2. The van der Waals surface area contributed by atoms with Crippen LogP contribution in [0.1, 0.15) is 29.1 Å². The monoisotopic (exact) mass is 479 g/mol. The molecule has 0 unspecified atom stereocenters. The van der Waals surface area contributed by atoms with Crippen LogP contribution in [0.4, 0.5) is 5.13 Å². The maximum atomic E-state index is 13.3. The van der Waals surface area contributed by atoms with Gasteiger partial charge in [-0.1, -0.05) is 23.5 Å². The number of Topliss-reactive ketones (excluding diaryl/α,β-unsaturated/α-hetero) is 1. The van der Waals surface area contributed by atoms with Crippen molar-refractivity contribution in [2.24, 2.45) is 0 Å². The first-order valence-corrected chi connectivity index (χ1v) is 11.5.